The number of para-hydroxylation sites is 3. The van der Waals surface area contributed by atoms with Gasteiger partial charge in [0.25, 0.3) is 0 Å². The van der Waals surface area contributed by atoms with Gasteiger partial charge in [-0.15, -0.1) is 0 Å². The highest BCUT2D eigenvalue weighted by atomic mass is 19.3. The molecular weight excluding hydrogens is 276 g/mol. The fourth-order valence-electron chi connectivity index (χ4n) is 1.95. The fraction of sp³-hybridized carbons (Fsp3) is 0.0667. The molecule has 3 rings (SSSR count). The second kappa shape index (κ2) is 5.70. The molecule has 1 aromatic heterocycles. The van der Waals surface area contributed by atoms with E-state index >= 15 is 0 Å². The van der Waals surface area contributed by atoms with Crippen molar-refractivity contribution in [1.29, 1.82) is 0 Å². The predicted molar refractivity (Wildman–Crippen MR) is 75.8 cm³/mol. The lowest BCUT2D eigenvalue weighted by molar-refractivity contribution is -0.0499. The Morgan fingerprint density at radius 2 is 1.86 bits per heavy atom. The summed E-state index contributed by atoms with van der Waals surface area (Å²) in [6.07, 6.45) is 3.03. The van der Waals surface area contributed by atoms with Gasteiger partial charge >= 0.3 is 6.61 Å². The summed E-state index contributed by atoms with van der Waals surface area (Å²) < 4.78 is 30.7. The first-order valence-electron chi connectivity index (χ1n) is 6.24. The Morgan fingerprint density at radius 3 is 2.71 bits per heavy atom. The van der Waals surface area contributed by atoms with E-state index in [-0.39, 0.29) is 5.75 Å². The third-order valence-electron chi connectivity index (χ3n) is 2.89. The minimum Gasteiger partial charge on any atom is -0.434 e. The smallest absolute Gasteiger partial charge is 0.387 e. The van der Waals surface area contributed by atoms with Crippen LogP contribution in [0.15, 0.2) is 60.0 Å². The van der Waals surface area contributed by atoms with Gasteiger partial charge < -0.3 is 4.74 Å². The average molecular weight is 287 g/mol. The molecule has 1 heterocycles. The van der Waals surface area contributed by atoms with Crippen LogP contribution in [-0.4, -0.2) is 22.5 Å². The van der Waals surface area contributed by atoms with Crippen LogP contribution in [0.25, 0.3) is 11.0 Å². The lowest BCUT2D eigenvalue weighted by atomic mass is 10.2. The zero-order valence-electron chi connectivity index (χ0n) is 10.9. The number of alkyl halides is 2. The zero-order chi connectivity index (χ0) is 14.7. The standard InChI is InChI=1S/C15H11F2N3O/c16-15(17)21-14-8-4-1-5-11(14)9-19-20-10-18-12-6-2-3-7-13(12)20/h1-10,15H. The lowest BCUT2D eigenvalue weighted by Gasteiger charge is -2.06. The van der Waals surface area contributed by atoms with Crippen molar-refractivity contribution in [2.45, 2.75) is 6.61 Å². The second-order valence-electron chi connectivity index (χ2n) is 4.24. The van der Waals surface area contributed by atoms with Gasteiger partial charge in [-0.1, -0.05) is 24.3 Å². The molecule has 0 saturated carbocycles. The highest BCUT2D eigenvalue weighted by Gasteiger charge is 2.07. The average Bonchev–Trinajstić information content (AvgIpc) is 2.89. The van der Waals surface area contributed by atoms with Crippen molar-refractivity contribution in [3.63, 3.8) is 0 Å². The van der Waals surface area contributed by atoms with E-state index in [1.54, 1.807) is 29.2 Å². The molecule has 0 spiro atoms. The molecule has 4 nitrogen and oxygen atoms in total. The van der Waals surface area contributed by atoms with Crippen LogP contribution in [0.1, 0.15) is 5.56 Å². The number of hydrogen-bond donors (Lipinski definition) is 0. The van der Waals surface area contributed by atoms with Crippen molar-refractivity contribution in [2.75, 3.05) is 0 Å². The number of hydrogen-bond acceptors (Lipinski definition) is 3. The summed E-state index contributed by atoms with van der Waals surface area (Å²) in [5, 5.41) is 4.24. The third kappa shape index (κ3) is 2.89. The van der Waals surface area contributed by atoms with E-state index in [1.165, 1.54) is 12.3 Å². The van der Waals surface area contributed by atoms with Gasteiger partial charge in [0.05, 0.1) is 17.2 Å². The molecule has 0 saturated heterocycles. The van der Waals surface area contributed by atoms with E-state index < -0.39 is 6.61 Å². The van der Waals surface area contributed by atoms with Crippen LogP contribution in [0.4, 0.5) is 8.78 Å². The molecule has 0 bridgehead atoms. The summed E-state index contributed by atoms with van der Waals surface area (Å²) in [6.45, 7) is -2.87. The number of imidazole rings is 1. The third-order valence-corrected chi connectivity index (χ3v) is 2.89. The van der Waals surface area contributed by atoms with E-state index in [9.17, 15) is 8.78 Å². The molecule has 0 amide bonds. The van der Waals surface area contributed by atoms with Crippen molar-refractivity contribution in [1.82, 2.24) is 9.66 Å². The molecule has 3 aromatic rings. The van der Waals surface area contributed by atoms with Gasteiger partial charge in [0.15, 0.2) is 0 Å². The van der Waals surface area contributed by atoms with Gasteiger partial charge in [-0.3, -0.25) is 0 Å². The van der Waals surface area contributed by atoms with Gasteiger partial charge in [0.2, 0.25) is 0 Å². The fourth-order valence-corrected chi connectivity index (χ4v) is 1.95. The summed E-state index contributed by atoms with van der Waals surface area (Å²) >= 11 is 0. The van der Waals surface area contributed by atoms with Crippen molar-refractivity contribution < 1.29 is 13.5 Å². The van der Waals surface area contributed by atoms with E-state index in [1.807, 2.05) is 24.3 Å². The highest BCUT2D eigenvalue weighted by molar-refractivity contribution is 5.84. The number of nitrogens with zero attached hydrogens (tertiary/aromatic N) is 3. The Kier molecular flexibility index (Phi) is 3.59. The molecule has 0 aliphatic heterocycles. The maximum atomic E-state index is 12.3. The van der Waals surface area contributed by atoms with E-state index in [0.717, 1.165) is 11.0 Å². The van der Waals surface area contributed by atoms with E-state index in [4.69, 9.17) is 0 Å². The van der Waals surface area contributed by atoms with Gasteiger partial charge in [-0.2, -0.15) is 13.9 Å². The van der Waals surface area contributed by atoms with E-state index in [2.05, 4.69) is 14.8 Å². The summed E-state index contributed by atoms with van der Waals surface area (Å²) in [4.78, 5) is 4.20. The van der Waals surface area contributed by atoms with Crippen molar-refractivity contribution in [2.24, 2.45) is 5.10 Å². The van der Waals surface area contributed by atoms with Crippen molar-refractivity contribution in [3.8, 4) is 5.75 Å². The topological polar surface area (TPSA) is 39.4 Å². The summed E-state index contributed by atoms with van der Waals surface area (Å²) in [5.41, 5.74) is 2.11. The van der Waals surface area contributed by atoms with Crippen LogP contribution in [-0.2, 0) is 0 Å². The SMILES string of the molecule is FC(F)Oc1ccccc1C=Nn1cnc2ccccc21. The molecule has 0 unspecified atom stereocenters. The molecule has 6 heteroatoms. The zero-order valence-corrected chi connectivity index (χ0v) is 10.9. The highest BCUT2D eigenvalue weighted by Crippen LogP contribution is 2.19. The Labute approximate surface area is 119 Å². The Morgan fingerprint density at radius 1 is 1.10 bits per heavy atom. The molecule has 0 aliphatic rings. The normalized spacial score (nSPS) is 11.6. The first-order valence-corrected chi connectivity index (χ1v) is 6.24. The van der Waals surface area contributed by atoms with Crippen molar-refractivity contribution >= 4 is 17.2 Å². The molecule has 0 N–H and O–H groups in total. The Hall–Kier alpha value is -2.76. The van der Waals surface area contributed by atoms with Gasteiger partial charge in [0.1, 0.15) is 12.1 Å². The molecule has 0 atom stereocenters. The minimum atomic E-state index is -2.87. The molecule has 0 fully saturated rings. The van der Waals surface area contributed by atoms with Gasteiger partial charge in [-0.25, -0.2) is 9.66 Å². The maximum absolute atomic E-state index is 12.3. The Bertz CT molecular complexity index is 783. The quantitative estimate of drug-likeness (QED) is 0.689. The largest absolute Gasteiger partial charge is 0.434 e. The molecule has 106 valence electrons. The summed E-state index contributed by atoms with van der Waals surface area (Å²) in [7, 11) is 0. The predicted octanol–water partition coefficient (Wildman–Crippen LogP) is 3.52. The first kappa shape index (κ1) is 13.2. The van der Waals surface area contributed by atoms with Crippen LogP contribution < -0.4 is 4.74 Å². The number of ether oxygens (including phenoxy) is 1. The number of aromatic nitrogens is 2. The van der Waals surface area contributed by atoms with Crippen molar-refractivity contribution in [3.05, 3.63) is 60.4 Å². The second-order valence-corrected chi connectivity index (χ2v) is 4.24. The number of halogens is 2. The van der Waals surface area contributed by atoms with Crippen LogP contribution in [0.2, 0.25) is 0 Å². The molecule has 2 aromatic carbocycles. The van der Waals surface area contributed by atoms with Crippen LogP contribution in [0.3, 0.4) is 0 Å². The Balaban J connectivity index is 1.93. The van der Waals surface area contributed by atoms with Crippen LogP contribution in [0, 0.1) is 0 Å². The van der Waals surface area contributed by atoms with E-state index in [0.29, 0.717) is 5.56 Å². The minimum absolute atomic E-state index is 0.0840. The van der Waals surface area contributed by atoms with Gasteiger partial charge in [-0.05, 0) is 24.3 Å². The molecule has 21 heavy (non-hydrogen) atoms. The summed E-state index contributed by atoms with van der Waals surface area (Å²) in [5.74, 6) is 0.0840. The molecule has 0 radical (unpaired) electrons. The number of rotatable bonds is 4. The van der Waals surface area contributed by atoms with Gasteiger partial charge in [0, 0.05) is 5.56 Å². The molecular formula is C15H11F2N3O. The van der Waals surface area contributed by atoms with Crippen LogP contribution in [0.5, 0.6) is 5.75 Å². The first-order chi connectivity index (χ1) is 10.2. The number of benzene rings is 2. The maximum Gasteiger partial charge on any atom is 0.387 e. The van der Waals surface area contributed by atoms with Crippen LogP contribution >= 0.6 is 0 Å². The number of fused-ring (bicyclic) bond motifs is 1. The lowest BCUT2D eigenvalue weighted by Crippen LogP contribution is -2.04. The monoisotopic (exact) mass is 287 g/mol. The summed E-state index contributed by atoms with van der Waals surface area (Å²) in [6, 6.07) is 14.0. The molecule has 0 aliphatic carbocycles.